The maximum Gasteiger partial charge on any atom is 0.262 e. The molecule has 0 aromatic carbocycles. The minimum absolute atomic E-state index is 0.0390. The normalized spacial score (nSPS) is 17.0. The van der Waals surface area contributed by atoms with Crippen LogP contribution in [0, 0.1) is 13.8 Å². The first-order valence-corrected chi connectivity index (χ1v) is 10.2. The van der Waals surface area contributed by atoms with Gasteiger partial charge in [-0.25, -0.2) is 15.0 Å². The molecule has 144 valence electrons. The lowest BCUT2D eigenvalue weighted by Gasteiger charge is -2.30. The zero-order chi connectivity index (χ0) is 19.3. The van der Waals surface area contributed by atoms with Crippen molar-refractivity contribution in [1.82, 2.24) is 24.8 Å². The minimum Gasteiger partial charge on any atom is -0.446 e. The van der Waals surface area contributed by atoms with Crippen LogP contribution in [0.3, 0.4) is 0 Å². The molecule has 0 saturated heterocycles. The number of aromatic amines is 1. The van der Waals surface area contributed by atoms with E-state index in [9.17, 15) is 4.79 Å². The number of rotatable bonds is 2. The summed E-state index contributed by atoms with van der Waals surface area (Å²) in [5, 5.41) is 0.998. The summed E-state index contributed by atoms with van der Waals surface area (Å²) in [5.74, 6) is 3.26. The number of H-pyrrole nitrogens is 1. The molecule has 0 bridgehead atoms. The highest BCUT2D eigenvalue weighted by Gasteiger charge is 2.29. The Morgan fingerprint density at radius 3 is 3.07 bits per heavy atom. The quantitative estimate of drug-likeness (QED) is 0.712. The number of oxazole rings is 1. The summed E-state index contributed by atoms with van der Waals surface area (Å²) in [6, 6.07) is 0. The van der Waals surface area contributed by atoms with Crippen molar-refractivity contribution in [3.05, 3.63) is 46.5 Å². The number of carbonyl (C=O) groups excluding carboxylic acids is 1. The topological polar surface area (TPSA) is 91.2 Å². The van der Waals surface area contributed by atoms with Gasteiger partial charge < -0.3 is 19.2 Å². The van der Waals surface area contributed by atoms with Crippen molar-refractivity contribution in [2.45, 2.75) is 26.8 Å². The molecule has 1 amide bonds. The van der Waals surface area contributed by atoms with E-state index < -0.39 is 0 Å². The molecule has 0 unspecified atom stereocenters. The fourth-order valence-electron chi connectivity index (χ4n) is 3.75. The third kappa shape index (κ3) is 2.86. The lowest BCUT2D eigenvalue weighted by molar-refractivity contribution is -0.127. The fraction of sp³-hybridized carbons (Fsp3) is 0.368. The molecule has 8 nitrogen and oxygen atoms in total. The van der Waals surface area contributed by atoms with Gasteiger partial charge >= 0.3 is 0 Å². The van der Waals surface area contributed by atoms with Crippen LogP contribution in [0.2, 0.25) is 0 Å². The molecular formula is C19H20N6O2S. The Kier molecular flexibility index (Phi) is 4.12. The molecule has 3 aromatic heterocycles. The van der Waals surface area contributed by atoms with Crippen LogP contribution in [0.15, 0.2) is 28.0 Å². The number of nitrogens with one attached hydrogen (secondary N) is 1. The van der Waals surface area contributed by atoms with Gasteiger partial charge in [0.15, 0.2) is 5.89 Å². The van der Waals surface area contributed by atoms with Crippen LogP contribution in [0.25, 0.3) is 11.0 Å². The Balaban J connectivity index is 1.43. The number of aromatic nitrogens is 4. The summed E-state index contributed by atoms with van der Waals surface area (Å²) in [5.41, 5.74) is 2.78. The maximum atomic E-state index is 13.1. The molecule has 5 rings (SSSR count). The predicted molar refractivity (Wildman–Crippen MR) is 107 cm³/mol. The number of amides is 1. The van der Waals surface area contributed by atoms with Gasteiger partial charge in [-0.3, -0.25) is 4.79 Å². The highest BCUT2D eigenvalue weighted by molar-refractivity contribution is 8.04. The summed E-state index contributed by atoms with van der Waals surface area (Å²) < 4.78 is 5.60. The van der Waals surface area contributed by atoms with Crippen molar-refractivity contribution in [2.75, 3.05) is 23.7 Å². The first kappa shape index (κ1) is 17.3. The summed E-state index contributed by atoms with van der Waals surface area (Å²) in [4.78, 5) is 34.2. The van der Waals surface area contributed by atoms with Crippen LogP contribution in [-0.2, 0) is 17.8 Å². The molecule has 2 aliphatic rings. The van der Waals surface area contributed by atoms with Crippen LogP contribution >= 0.6 is 11.8 Å². The summed E-state index contributed by atoms with van der Waals surface area (Å²) >= 11 is 1.59. The molecule has 1 N–H and O–H groups in total. The first-order chi connectivity index (χ1) is 13.6. The number of hydrogen-bond acceptors (Lipinski definition) is 7. The number of anilines is 1. The number of hydrogen-bond donors (Lipinski definition) is 1. The van der Waals surface area contributed by atoms with E-state index in [4.69, 9.17) is 4.42 Å². The van der Waals surface area contributed by atoms with Crippen molar-refractivity contribution in [2.24, 2.45) is 0 Å². The Hall–Kier alpha value is -2.81. The van der Waals surface area contributed by atoms with E-state index in [0.717, 1.165) is 51.1 Å². The number of thioether (sulfide) groups is 1. The fourth-order valence-corrected chi connectivity index (χ4v) is 4.72. The van der Waals surface area contributed by atoms with Crippen molar-refractivity contribution in [3.63, 3.8) is 0 Å². The van der Waals surface area contributed by atoms with Gasteiger partial charge in [-0.05, 0) is 12.5 Å². The minimum atomic E-state index is 0.0390. The van der Waals surface area contributed by atoms with Crippen LogP contribution in [0.5, 0.6) is 0 Å². The second-order valence-corrected chi connectivity index (χ2v) is 8.14. The van der Waals surface area contributed by atoms with Crippen LogP contribution in [0.1, 0.15) is 22.9 Å². The average molecular weight is 396 g/mol. The van der Waals surface area contributed by atoms with E-state index in [1.165, 1.54) is 0 Å². The molecule has 9 heteroatoms. The molecule has 0 saturated carbocycles. The monoisotopic (exact) mass is 396 g/mol. The van der Waals surface area contributed by atoms with Gasteiger partial charge in [-0.1, -0.05) is 0 Å². The Bertz CT molecular complexity index is 1100. The first-order valence-electron chi connectivity index (χ1n) is 9.24. The zero-order valence-corrected chi connectivity index (χ0v) is 16.5. The summed E-state index contributed by atoms with van der Waals surface area (Å²) in [6.45, 7) is 5.81. The lowest BCUT2D eigenvalue weighted by atomic mass is 10.1. The molecule has 0 spiro atoms. The number of carbonyl (C=O) groups is 1. The Morgan fingerprint density at radius 1 is 1.29 bits per heavy atom. The van der Waals surface area contributed by atoms with Crippen LogP contribution in [-0.4, -0.2) is 49.6 Å². The van der Waals surface area contributed by atoms with Gasteiger partial charge in [0.05, 0.1) is 16.8 Å². The van der Waals surface area contributed by atoms with Crippen molar-refractivity contribution in [3.8, 4) is 0 Å². The highest BCUT2D eigenvalue weighted by Crippen LogP contribution is 2.32. The molecule has 3 aromatic rings. The van der Waals surface area contributed by atoms with Gasteiger partial charge in [-0.15, -0.1) is 11.8 Å². The van der Waals surface area contributed by atoms with E-state index >= 15 is 0 Å². The van der Waals surface area contributed by atoms with Crippen molar-refractivity contribution < 1.29 is 9.21 Å². The van der Waals surface area contributed by atoms with Gasteiger partial charge in [-0.2, -0.15) is 0 Å². The Labute approximate surface area is 166 Å². The molecule has 28 heavy (non-hydrogen) atoms. The highest BCUT2D eigenvalue weighted by atomic mass is 32.2. The third-order valence-electron chi connectivity index (χ3n) is 5.11. The lowest BCUT2D eigenvalue weighted by Crippen LogP contribution is -2.38. The number of aryl methyl sites for hydroxylation is 2. The molecule has 0 fully saturated rings. The standard InChI is InChI=1S/C19H20N6O2S/c1-11-7-20-17-16(11)18(22-10-21-17)24-5-6-28-15(9-24)19(26)25-4-3-14-13(8-25)23-12(2)27-14/h7,9-10H,3-6,8H2,1-2H3,(H,20,21,22). The molecule has 0 atom stereocenters. The van der Waals surface area contributed by atoms with Crippen molar-refractivity contribution in [1.29, 1.82) is 0 Å². The average Bonchev–Trinajstić information content (AvgIpc) is 3.28. The molecule has 5 heterocycles. The summed E-state index contributed by atoms with van der Waals surface area (Å²) in [6.07, 6.45) is 6.12. The molecule has 0 radical (unpaired) electrons. The van der Waals surface area contributed by atoms with Gasteiger partial charge in [0.2, 0.25) is 0 Å². The molecule has 0 aliphatic carbocycles. The Morgan fingerprint density at radius 2 is 2.18 bits per heavy atom. The molecule has 2 aliphatic heterocycles. The van der Waals surface area contributed by atoms with E-state index in [2.05, 4.69) is 24.8 Å². The second-order valence-electron chi connectivity index (χ2n) is 7.01. The van der Waals surface area contributed by atoms with Crippen molar-refractivity contribution >= 4 is 34.5 Å². The third-order valence-corrected chi connectivity index (χ3v) is 6.09. The van der Waals surface area contributed by atoms with E-state index in [0.29, 0.717) is 25.4 Å². The van der Waals surface area contributed by atoms with Crippen LogP contribution < -0.4 is 4.90 Å². The smallest absolute Gasteiger partial charge is 0.262 e. The van der Waals surface area contributed by atoms with Gasteiger partial charge in [0.1, 0.15) is 29.2 Å². The summed E-state index contributed by atoms with van der Waals surface area (Å²) in [7, 11) is 0. The SMILES string of the molecule is Cc1nc2c(o1)CCN(C(=O)C1=CN(c3ncnc4[nH]cc(C)c34)CCS1)C2. The second kappa shape index (κ2) is 6.66. The predicted octanol–water partition coefficient (Wildman–Crippen LogP) is 2.54. The molecular weight excluding hydrogens is 376 g/mol. The van der Waals surface area contributed by atoms with Gasteiger partial charge in [0, 0.05) is 44.6 Å². The van der Waals surface area contributed by atoms with E-state index in [1.54, 1.807) is 18.1 Å². The zero-order valence-electron chi connectivity index (χ0n) is 15.7. The largest absolute Gasteiger partial charge is 0.446 e. The van der Waals surface area contributed by atoms with Crippen LogP contribution in [0.4, 0.5) is 5.82 Å². The number of nitrogens with zero attached hydrogens (tertiary/aromatic N) is 5. The van der Waals surface area contributed by atoms with E-state index in [-0.39, 0.29) is 5.91 Å². The number of fused-ring (bicyclic) bond motifs is 2. The van der Waals surface area contributed by atoms with Gasteiger partial charge in [0.25, 0.3) is 5.91 Å². The van der Waals surface area contributed by atoms with E-state index in [1.807, 2.05) is 31.1 Å². The maximum absolute atomic E-state index is 13.1.